The zero-order chi connectivity index (χ0) is 21.8. The average Bonchev–Trinajstić information content (AvgIpc) is 2.78. The molecule has 0 fully saturated rings. The molecule has 0 aliphatic heterocycles. The van der Waals surface area contributed by atoms with E-state index in [0.29, 0.717) is 35.7 Å². The van der Waals surface area contributed by atoms with E-state index >= 15 is 0 Å². The molecule has 0 amide bonds. The van der Waals surface area contributed by atoms with Crippen LogP contribution in [0.2, 0.25) is 0 Å². The fourth-order valence-electron chi connectivity index (χ4n) is 2.46. The number of unbranched alkanes of at least 4 members (excludes halogenated alkanes) is 2. The summed E-state index contributed by atoms with van der Waals surface area (Å²) in [5.74, 6) is 0.0843. The van der Waals surface area contributed by atoms with Gasteiger partial charge in [-0.15, -0.1) is 18.2 Å². The zero-order valence-corrected chi connectivity index (χ0v) is 17.9. The van der Waals surface area contributed by atoms with Crippen LogP contribution in [0, 0.1) is 0 Å². The summed E-state index contributed by atoms with van der Waals surface area (Å²) in [6.07, 6.45) is 5.57. The third kappa shape index (κ3) is 7.91. The van der Waals surface area contributed by atoms with Gasteiger partial charge in [-0.2, -0.15) is 0 Å². The summed E-state index contributed by atoms with van der Waals surface area (Å²) in [5.41, 5.74) is 0.773. The Kier molecular flexibility index (Phi) is 9.95. The number of benzene rings is 2. The highest BCUT2D eigenvalue weighted by molar-refractivity contribution is 6.20. The van der Waals surface area contributed by atoms with Crippen LogP contribution in [0.5, 0.6) is 11.5 Å². The Hall–Kier alpha value is -2.79. The first-order valence-electron chi connectivity index (χ1n) is 10.0. The molecule has 5 nitrogen and oxygen atoms in total. The minimum absolute atomic E-state index is 0.155. The lowest BCUT2D eigenvalue weighted by molar-refractivity contribution is 0.0503. The Morgan fingerprint density at radius 1 is 0.967 bits per heavy atom. The minimum atomic E-state index is -0.490. The molecule has 0 heterocycles. The molecule has 2 aromatic rings. The van der Waals surface area contributed by atoms with E-state index in [1.807, 2.05) is 13.0 Å². The van der Waals surface area contributed by atoms with Gasteiger partial charge in [-0.25, -0.2) is 9.59 Å². The third-order valence-electron chi connectivity index (χ3n) is 4.30. The summed E-state index contributed by atoms with van der Waals surface area (Å²) in [4.78, 5) is 24.3. The van der Waals surface area contributed by atoms with Gasteiger partial charge in [0, 0.05) is 0 Å². The third-order valence-corrected chi connectivity index (χ3v) is 4.73. The van der Waals surface area contributed by atoms with Crippen molar-refractivity contribution in [2.45, 2.75) is 38.0 Å². The fraction of sp³-hybridized carbons (Fsp3) is 0.333. The van der Waals surface area contributed by atoms with Crippen molar-refractivity contribution in [2.24, 2.45) is 0 Å². The van der Waals surface area contributed by atoms with Gasteiger partial charge in [0.1, 0.15) is 18.1 Å². The van der Waals surface area contributed by atoms with Crippen LogP contribution in [-0.2, 0) is 4.74 Å². The molecule has 160 valence electrons. The van der Waals surface area contributed by atoms with Crippen LogP contribution in [-0.4, -0.2) is 30.5 Å². The molecule has 0 saturated carbocycles. The van der Waals surface area contributed by atoms with E-state index in [9.17, 15) is 9.59 Å². The largest absolute Gasteiger partial charge is 0.494 e. The predicted octanol–water partition coefficient (Wildman–Crippen LogP) is 5.82. The molecule has 30 heavy (non-hydrogen) atoms. The van der Waals surface area contributed by atoms with Crippen molar-refractivity contribution >= 4 is 23.5 Å². The van der Waals surface area contributed by atoms with E-state index < -0.39 is 11.9 Å². The highest BCUT2D eigenvalue weighted by Crippen LogP contribution is 2.18. The number of carbonyl (C=O) groups excluding carboxylic acids is 2. The van der Waals surface area contributed by atoms with Crippen molar-refractivity contribution in [3.63, 3.8) is 0 Å². The molecular formula is C24H27ClO5. The summed E-state index contributed by atoms with van der Waals surface area (Å²) in [5, 5.41) is -0.205. The number of rotatable bonds is 12. The summed E-state index contributed by atoms with van der Waals surface area (Å²) in [6.45, 7) is 6.38. The number of halogens is 1. The number of ether oxygens (including phenoxy) is 3. The first-order valence-corrected chi connectivity index (χ1v) is 10.4. The molecule has 1 atom stereocenters. The summed E-state index contributed by atoms with van der Waals surface area (Å²) in [6, 6.07) is 13.0. The second kappa shape index (κ2) is 12.7. The summed E-state index contributed by atoms with van der Waals surface area (Å²) in [7, 11) is 0. The number of allylic oxidation sites excluding steroid dienone is 1. The van der Waals surface area contributed by atoms with E-state index in [1.54, 1.807) is 48.5 Å². The summed E-state index contributed by atoms with van der Waals surface area (Å²) < 4.78 is 16.1. The molecular weight excluding hydrogens is 404 g/mol. The quantitative estimate of drug-likeness (QED) is 0.140. The van der Waals surface area contributed by atoms with Crippen molar-refractivity contribution in [1.82, 2.24) is 0 Å². The number of hydrogen-bond acceptors (Lipinski definition) is 5. The molecule has 0 radical (unpaired) electrons. The topological polar surface area (TPSA) is 61.8 Å². The van der Waals surface area contributed by atoms with E-state index in [4.69, 9.17) is 25.8 Å². The van der Waals surface area contributed by atoms with Crippen molar-refractivity contribution in [3.8, 4) is 11.5 Å². The van der Waals surface area contributed by atoms with Crippen LogP contribution in [0.3, 0.4) is 0 Å². The smallest absolute Gasteiger partial charge is 0.343 e. The minimum Gasteiger partial charge on any atom is -0.494 e. The number of esters is 2. The van der Waals surface area contributed by atoms with Crippen molar-refractivity contribution < 1.29 is 23.8 Å². The van der Waals surface area contributed by atoms with Crippen LogP contribution >= 0.6 is 11.6 Å². The first-order chi connectivity index (χ1) is 14.5. The molecule has 0 spiro atoms. The lowest BCUT2D eigenvalue weighted by Gasteiger charge is -2.09. The Morgan fingerprint density at radius 3 is 2.17 bits per heavy atom. The van der Waals surface area contributed by atoms with Gasteiger partial charge in [-0.1, -0.05) is 13.0 Å². The van der Waals surface area contributed by atoms with E-state index in [-0.39, 0.29) is 12.0 Å². The maximum Gasteiger partial charge on any atom is 0.343 e. The van der Waals surface area contributed by atoms with Crippen molar-refractivity contribution in [3.05, 3.63) is 72.3 Å². The van der Waals surface area contributed by atoms with E-state index in [0.717, 1.165) is 19.3 Å². The Morgan fingerprint density at radius 2 is 1.57 bits per heavy atom. The Bertz CT molecular complexity index is 814. The molecule has 0 aromatic heterocycles. The maximum atomic E-state index is 12.3. The lowest BCUT2D eigenvalue weighted by atomic mass is 10.2. The lowest BCUT2D eigenvalue weighted by Crippen LogP contribution is -2.13. The second-order valence-electron chi connectivity index (χ2n) is 6.68. The number of hydrogen-bond donors (Lipinski definition) is 0. The molecule has 0 aliphatic rings. The van der Waals surface area contributed by atoms with E-state index in [2.05, 4.69) is 6.58 Å². The van der Waals surface area contributed by atoms with Gasteiger partial charge in [-0.05, 0) is 74.2 Å². The summed E-state index contributed by atoms with van der Waals surface area (Å²) >= 11 is 5.94. The number of carbonyl (C=O) groups is 2. The van der Waals surface area contributed by atoms with Gasteiger partial charge < -0.3 is 14.2 Å². The SMILES string of the molecule is C=CCCCCOc1ccc(C(=O)Oc2ccc(C(=O)OC[C@H](Cl)CC)cc2)cc1. The molecule has 0 N–H and O–H groups in total. The van der Waals surface area contributed by atoms with Gasteiger partial charge in [-0.3, -0.25) is 0 Å². The molecule has 0 bridgehead atoms. The highest BCUT2D eigenvalue weighted by atomic mass is 35.5. The molecule has 0 aliphatic carbocycles. The van der Waals surface area contributed by atoms with E-state index in [1.165, 1.54) is 0 Å². The van der Waals surface area contributed by atoms with Crippen LogP contribution in [0.25, 0.3) is 0 Å². The molecule has 0 unspecified atom stereocenters. The van der Waals surface area contributed by atoms with Crippen molar-refractivity contribution in [1.29, 1.82) is 0 Å². The molecule has 2 rings (SSSR count). The van der Waals surface area contributed by atoms with Gasteiger partial charge in [0.15, 0.2) is 0 Å². The maximum absolute atomic E-state index is 12.3. The van der Waals surface area contributed by atoms with Crippen LogP contribution in [0.1, 0.15) is 53.3 Å². The fourth-order valence-corrected chi connectivity index (χ4v) is 2.52. The van der Waals surface area contributed by atoms with Crippen LogP contribution in [0.15, 0.2) is 61.2 Å². The Labute approximate surface area is 182 Å². The predicted molar refractivity (Wildman–Crippen MR) is 118 cm³/mol. The molecule has 0 saturated heterocycles. The standard InChI is InChI=1S/C24H27ClO5/c1-3-5-6-7-16-28-21-12-8-19(9-13-21)24(27)30-22-14-10-18(11-15-22)23(26)29-17-20(25)4-2/h3,8-15,20H,1,4-7,16-17H2,2H3/t20-/m1/s1. The van der Waals surface area contributed by atoms with Crippen molar-refractivity contribution in [2.75, 3.05) is 13.2 Å². The first kappa shape index (κ1) is 23.5. The van der Waals surface area contributed by atoms with Gasteiger partial charge >= 0.3 is 11.9 Å². The van der Waals surface area contributed by atoms with Crippen LogP contribution in [0.4, 0.5) is 0 Å². The van der Waals surface area contributed by atoms with Gasteiger partial charge in [0.25, 0.3) is 0 Å². The van der Waals surface area contributed by atoms with Gasteiger partial charge in [0.2, 0.25) is 0 Å². The zero-order valence-electron chi connectivity index (χ0n) is 17.1. The average molecular weight is 431 g/mol. The number of alkyl halides is 1. The molecule has 2 aromatic carbocycles. The van der Waals surface area contributed by atoms with Gasteiger partial charge in [0.05, 0.1) is 23.1 Å². The normalized spacial score (nSPS) is 11.4. The van der Waals surface area contributed by atoms with Crippen LogP contribution < -0.4 is 9.47 Å². The molecule has 6 heteroatoms. The highest BCUT2D eigenvalue weighted by Gasteiger charge is 2.12. The second-order valence-corrected chi connectivity index (χ2v) is 7.29. The Balaban J connectivity index is 1.83. The monoisotopic (exact) mass is 430 g/mol.